The SMILES string of the molecule is CN(C[C@@H]1C[C@H](c2ccc(CO)cc2)O[C@H](c2cccc(-c3cccc(CNC(=O)CCCCCC(=O)Nc4ccccc4N)c3)c2)O1)C[C@@H](O)c1cccc(O)c1. The summed E-state index contributed by atoms with van der Waals surface area (Å²) in [7, 11) is 1.94. The monoisotopic (exact) mass is 786 g/mol. The van der Waals surface area contributed by atoms with E-state index in [1.165, 1.54) is 0 Å². The summed E-state index contributed by atoms with van der Waals surface area (Å²) in [5.74, 6) is -0.0110. The van der Waals surface area contributed by atoms with Crippen LogP contribution in [0.1, 0.15) is 84.8 Å². The first-order chi connectivity index (χ1) is 28.1. The molecule has 1 fully saturated rings. The highest BCUT2D eigenvalue weighted by Crippen LogP contribution is 2.39. The van der Waals surface area contributed by atoms with Crippen LogP contribution < -0.4 is 16.4 Å². The second-order valence-electron chi connectivity index (χ2n) is 15.0. The number of aromatic hydroxyl groups is 1. The van der Waals surface area contributed by atoms with Gasteiger partial charge in [0.05, 0.1) is 36.3 Å². The van der Waals surface area contributed by atoms with Gasteiger partial charge in [0.2, 0.25) is 11.8 Å². The Bertz CT molecular complexity index is 2110. The number of benzene rings is 5. The Morgan fingerprint density at radius 1 is 0.793 bits per heavy atom. The third-order valence-electron chi connectivity index (χ3n) is 10.3. The molecule has 0 saturated carbocycles. The van der Waals surface area contributed by atoms with Gasteiger partial charge in [0, 0.05) is 44.5 Å². The Hall–Kier alpha value is -5.56. The number of para-hydroxylation sites is 2. The highest BCUT2D eigenvalue weighted by molar-refractivity contribution is 5.93. The first-order valence-corrected chi connectivity index (χ1v) is 19.9. The number of aliphatic hydroxyl groups is 2. The Balaban J connectivity index is 1.04. The minimum Gasteiger partial charge on any atom is -0.508 e. The van der Waals surface area contributed by atoms with Crippen molar-refractivity contribution in [1.29, 1.82) is 0 Å². The van der Waals surface area contributed by atoms with Crippen LogP contribution in [0, 0.1) is 0 Å². The zero-order valence-corrected chi connectivity index (χ0v) is 32.9. The summed E-state index contributed by atoms with van der Waals surface area (Å²) in [6.07, 6.45) is 1.56. The summed E-state index contributed by atoms with van der Waals surface area (Å²) in [5, 5.41) is 36.3. The first-order valence-electron chi connectivity index (χ1n) is 19.9. The van der Waals surface area contributed by atoms with E-state index >= 15 is 0 Å². The molecule has 5 aromatic carbocycles. The van der Waals surface area contributed by atoms with Crippen LogP contribution in [0.3, 0.4) is 0 Å². The van der Waals surface area contributed by atoms with E-state index in [2.05, 4.69) is 22.8 Å². The standard InChI is InChI=1S/C47H54N4O7/c1-51(30-43(54)37-13-9-15-39(53)26-37)29-40-27-44(34-22-20-32(31-52)21-23-34)58-47(57-40)38-14-8-12-36(25-38)35-11-7-10-33(24-35)28-49-45(55)18-3-2-4-19-46(56)50-42-17-6-5-16-41(42)48/h5-17,20-26,40,43-44,47,52-54H,2-4,18-19,27-31,48H2,1H3,(H,49,55)(H,50,56)/t40-,43+,44+,47+/m0/s1. The highest BCUT2D eigenvalue weighted by Gasteiger charge is 2.33. The molecule has 6 rings (SSSR count). The maximum Gasteiger partial charge on any atom is 0.224 e. The highest BCUT2D eigenvalue weighted by atomic mass is 16.7. The summed E-state index contributed by atoms with van der Waals surface area (Å²) in [6, 6.07) is 37.8. The van der Waals surface area contributed by atoms with E-state index in [0.717, 1.165) is 39.8 Å². The molecule has 304 valence electrons. The molecular formula is C47H54N4O7. The number of likely N-dealkylation sites (N-methyl/N-ethyl adjacent to an activating group) is 1. The van der Waals surface area contributed by atoms with Crippen molar-refractivity contribution in [1.82, 2.24) is 10.2 Å². The average molecular weight is 787 g/mol. The molecule has 1 heterocycles. The molecule has 58 heavy (non-hydrogen) atoms. The maximum absolute atomic E-state index is 12.7. The van der Waals surface area contributed by atoms with Gasteiger partial charge >= 0.3 is 0 Å². The Kier molecular flexibility index (Phi) is 15.0. The molecule has 11 heteroatoms. The topological polar surface area (TPSA) is 167 Å². The fourth-order valence-electron chi connectivity index (χ4n) is 7.17. The second-order valence-corrected chi connectivity index (χ2v) is 15.0. The van der Waals surface area contributed by atoms with Crippen molar-refractivity contribution in [2.45, 2.75) is 76.3 Å². The van der Waals surface area contributed by atoms with Crippen LogP contribution in [0.25, 0.3) is 11.1 Å². The summed E-state index contributed by atoms with van der Waals surface area (Å²) in [4.78, 5) is 27.0. The number of carbonyl (C=O) groups excluding carboxylic acids is 2. The average Bonchev–Trinajstić information content (AvgIpc) is 3.23. The van der Waals surface area contributed by atoms with Crippen LogP contribution in [-0.2, 0) is 32.2 Å². The molecule has 0 spiro atoms. The Morgan fingerprint density at radius 3 is 2.28 bits per heavy atom. The lowest BCUT2D eigenvalue weighted by molar-refractivity contribution is -0.252. The lowest BCUT2D eigenvalue weighted by Gasteiger charge is -2.38. The van der Waals surface area contributed by atoms with Gasteiger partial charge in [0.15, 0.2) is 6.29 Å². The predicted molar refractivity (Wildman–Crippen MR) is 225 cm³/mol. The number of unbranched alkanes of at least 4 members (excludes halogenated alkanes) is 2. The van der Waals surface area contributed by atoms with Gasteiger partial charge < -0.3 is 46.1 Å². The molecule has 1 aliphatic rings. The number of rotatable bonds is 18. The molecule has 0 aliphatic carbocycles. The largest absolute Gasteiger partial charge is 0.508 e. The molecule has 0 bridgehead atoms. The summed E-state index contributed by atoms with van der Waals surface area (Å²) in [5.41, 5.74) is 13.3. The Labute approximate surface area is 340 Å². The molecule has 0 unspecified atom stereocenters. The van der Waals surface area contributed by atoms with E-state index in [-0.39, 0.29) is 36.4 Å². The van der Waals surface area contributed by atoms with Crippen molar-refractivity contribution < 1.29 is 34.4 Å². The van der Waals surface area contributed by atoms with Gasteiger partial charge in [-0.25, -0.2) is 0 Å². The lowest BCUT2D eigenvalue weighted by Crippen LogP contribution is -2.39. The van der Waals surface area contributed by atoms with Crippen LogP contribution >= 0.6 is 0 Å². The number of ether oxygens (including phenoxy) is 2. The van der Waals surface area contributed by atoms with Gasteiger partial charge in [-0.05, 0) is 89.7 Å². The molecule has 1 aliphatic heterocycles. The lowest BCUT2D eigenvalue weighted by atomic mass is 9.98. The van der Waals surface area contributed by atoms with E-state index < -0.39 is 12.4 Å². The van der Waals surface area contributed by atoms with Gasteiger partial charge in [-0.15, -0.1) is 0 Å². The predicted octanol–water partition coefficient (Wildman–Crippen LogP) is 7.55. The smallest absolute Gasteiger partial charge is 0.224 e. The van der Waals surface area contributed by atoms with Crippen molar-refractivity contribution in [3.63, 3.8) is 0 Å². The number of hydrogen-bond donors (Lipinski definition) is 6. The van der Waals surface area contributed by atoms with Crippen molar-refractivity contribution in [3.05, 3.63) is 149 Å². The number of nitrogen functional groups attached to an aromatic ring is 1. The molecule has 4 atom stereocenters. The molecular weight excluding hydrogens is 733 g/mol. The van der Waals surface area contributed by atoms with Crippen LogP contribution in [0.5, 0.6) is 5.75 Å². The first kappa shape index (κ1) is 42.1. The molecule has 0 radical (unpaired) electrons. The fraction of sp³-hybridized carbons (Fsp3) is 0.319. The number of nitrogens with zero attached hydrogens (tertiary/aromatic N) is 1. The van der Waals surface area contributed by atoms with Crippen molar-refractivity contribution in [2.75, 3.05) is 31.2 Å². The summed E-state index contributed by atoms with van der Waals surface area (Å²) >= 11 is 0. The molecule has 1 saturated heterocycles. The van der Waals surface area contributed by atoms with Crippen LogP contribution in [0.15, 0.2) is 121 Å². The van der Waals surface area contributed by atoms with Gasteiger partial charge in [-0.2, -0.15) is 0 Å². The second kappa shape index (κ2) is 20.7. The molecule has 2 amide bonds. The number of amides is 2. The third-order valence-corrected chi connectivity index (χ3v) is 10.3. The van der Waals surface area contributed by atoms with Crippen LogP contribution in [0.4, 0.5) is 11.4 Å². The number of phenolic OH excluding ortho intramolecular Hbond substituents is 1. The number of anilines is 2. The van der Waals surface area contributed by atoms with Gasteiger partial charge in [0.1, 0.15) is 5.75 Å². The van der Waals surface area contributed by atoms with E-state index in [4.69, 9.17) is 15.2 Å². The Morgan fingerprint density at radius 2 is 1.52 bits per heavy atom. The van der Waals surface area contributed by atoms with E-state index in [0.29, 0.717) is 68.7 Å². The van der Waals surface area contributed by atoms with Gasteiger partial charge in [-0.3, -0.25) is 9.59 Å². The van der Waals surface area contributed by atoms with Crippen molar-refractivity contribution >= 4 is 23.2 Å². The quantitative estimate of drug-likeness (QED) is 0.0389. The van der Waals surface area contributed by atoms with E-state index in [9.17, 15) is 24.9 Å². The number of nitrogens with two attached hydrogens (primary N) is 1. The molecule has 0 aromatic heterocycles. The third kappa shape index (κ3) is 12.2. The fourth-order valence-corrected chi connectivity index (χ4v) is 7.17. The number of phenols is 1. The zero-order valence-electron chi connectivity index (χ0n) is 32.9. The molecule has 11 nitrogen and oxygen atoms in total. The van der Waals surface area contributed by atoms with Crippen LogP contribution in [0.2, 0.25) is 0 Å². The van der Waals surface area contributed by atoms with Gasteiger partial charge in [-0.1, -0.05) is 91.3 Å². The molecule has 5 aromatic rings. The number of hydrogen-bond acceptors (Lipinski definition) is 9. The minimum absolute atomic E-state index is 0.0323. The number of nitrogens with one attached hydrogen (secondary N) is 2. The summed E-state index contributed by atoms with van der Waals surface area (Å²) in [6.45, 7) is 1.25. The van der Waals surface area contributed by atoms with E-state index in [1.807, 2.05) is 84.7 Å². The van der Waals surface area contributed by atoms with Crippen molar-refractivity contribution in [3.8, 4) is 16.9 Å². The number of carbonyl (C=O) groups is 2. The normalized spacial score (nSPS) is 17.1. The van der Waals surface area contributed by atoms with Gasteiger partial charge in [0.25, 0.3) is 0 Å². The molecule has 7 N–H and O–H groups in total. The van der Waals surface area contributed by atoms with Crippen molar-refractivity contribution in [2.24, 2.45) is 0 Å². The number of aliphatic hydroxyl groups excluding tert-OH is 2. The minimum atomic E-state index is -0.784. The maximum atomic E-state index is 12.7. The zero-order chi connectivity index (χ0) is 40.9. The van der Waals surface area contributed by atoms with Crippen LogP contribution in [-0.4, -0.2) is 58.3 Å². The summed E-state index contributed by atoms with van der Waals surface area (Å²) < 4.78 is 13.2. The van der Waals surface area contributed by atoms with E-state index in [1.54, 1.807) is 36.4 Å².